The van der Waals surface area contributed by atoms with Crippen molar-refractivity contribution in [1.29, 1.82) is 0 Å². The van der Waals surface area contributed by atoms with E-state index in [1.165, 1.54) is 0 Å². The summed E-state index contributed by atoms with van der Waals surface area (Å²) in [6.07, 6.45) is 3.75. The average Bonchev–Trinajstić information content (AvgIpc) is 2.57. The van der Waals surface area contributed by atoms with Crippen LogP contribution in [0.25, 0.3) is 11.1 Å². The predicted octanol–water partition coefficient (Wildman–Crippen LogP) is 2.59. The van der Waals surface area contributed by atoms with Gasteiger partial charge in [-0.2, -0.15) is 0 Å². The van der Waals surface area contributed by atoms with Crippen LogP contribution >= 0.6 is 0 Å². The first kappa shape index (κ1) is 14.7. The molecule has 4 heteroatoms. The minimum atomic E-state index is -0.442. The fraction of sp³-hybridized carbons (Fsp3) is 0.333. The van der Waals surface area contributed by atoms with E-state index in [-0.39, 0.29) is 11.8 Å². The monoisotopic (exact) mass is 296 g/mol. The number of carbonyl (C=O) groups is 1. The normalized spacial score (nSPS) is 21.6. The van der Waals surface area contributed by atoms with Gasteiger partial charge in [0.05, 0.1) is 11.7 Å². The Morgan fingerprint density at radius 1 is 1.23 bits per heavy atom. The van der Waals surface area contributed by atoms with Crippen LogP contribution in [0, 0.1) is 5.92 Å². The van der Waals surface area contributed by atoms with Crippen LogP contribution < -0.4 is 0 Å². The number of aromatic nitrogens is 1. The zero-order chi connectivity index (χ0) is 15.5. The summed E-state index contributed by atoms with van der Waals surface area (Å²) in [5.74, 6) is 0.189. The number of carbonyl (C=O) groups excluding carboxylic acids is 1. The highest BCUT2D eigenvalue weighted by molar-refractivity contribution is 5.95. The van der Waals surface area contributed by atoms with Crippen molar-refractivity contribution in [3.63, 3.8) is 0 Å². The van der Waals surface area contributed by atoms with Crippen LogP contribution in [0.2, 0.25) is 0 Å². The fourth-order valence-electron chi connectivity index (χ4n) is 2.76. The van der Waals surface area contributed by atoms with E-state index < -0.39 is 6.10 Å². The van der Waals surface area contributed by atoms with E-state index in [9.17, 15) is 9.90 Å². The lowest BCUT2D eigenvalue weighted by Crippen LogP contribution is -2.45. The SMILES string of the molecule is CC1CCN(C(=O)c2cncc(-c3ccccc3)c2)CC1O. The number of likely N-dealkylation sites (tertiary alicyclic amines) is 1. The van der Waals surface area contributed by atoms with Gasteiger partial charge in [-0.1, -0.05) is 37.3 Å². The summed E-state index contributed by atoms with van der Waals surface area (Å²) < 4.78 is 0. The van der Waals surface area contributed by atoms with Crippen LogP contribution in [0.3, 0.4) is 0 Å². The van der Waals surface area contributed by atoms with Crippen LogP contribution in [0.5, 0.6) is 0 Å². The van der Waals surface area contributed by atoms with Crippen LogP contribution in [0.1, 0.15) is 23.7 Å². The number of hydrogen-bond acceptors (Lipinski definition) is 3. The number of amides is 1. The molecule has 2 unspecified atom stereocenters. The lowest BCUT2D eigenvalue weighted by atomic mass is 9.95. The third-order valence-electron chi connectivity index (χ3n) is 4.30. The van der Waals surface area contributed by atoms with E-state index in [1.54, 1.807) is 17.3 Å². The standard InChI is InChI=1S/C18H20N2O2/c1-13-7-8-20(12-17(13)21)18(22)16-9-15(10-19-11-16)14-5-3-2-4-6-14/h2-6,9-11,13,17,21H,7-8,12H2,1H3. The lowest BCUT2D eigenvalue weighted by Gasteiger charge is -2.34. The average molecular weight is 296 g/mol. The highest BCUT2D eigenvalue weighted by Crippen LogP contribution is 2.22. The Morgan fingerprint density at radius 3 is 2.73 bits per heavy atom. The molecule has 0 spiro atoms. The number of nitrogens with zero attached hydrogens (tertiary/aromatic N) is 2. The molecule has 1 saturated heterocycles. The summed E-state index contributed by atoms with van der Waals surface area (Å²) >= 11 is 0. The first-order valence-electron chi connectivity index (χ1n) is 7.63. The van der Waals surface area contributed by atoms with Gasteiger partial charge in [0, 0.05) is 31.0 Å². The van der Waals surface area contributed by atoms with Gasteiger partial charge in [-0.05, 0) is 24.0 Å². The fourth-order valence-corrected chi connectivity index (χ4v) is 2.76. The van der Waals surface area contributed by atoms with Gasteiger partial charge in [0.1, 0.15) is 0 Å². The summed E-state index contributed by atoms with van der Waals surface area (Å²) in [7, 11) is 0. The van der Waals surface area contributed by atoms with Crippen molar-refractivity contribution in [1.82, 2.24) is 9.88 Å². The predicted molar refractivity (Wildman–Crippen MR) is 85.4 cm³/mol. The Morgan fingerprint density at radius 2 is 2.00 bits per heavy atom. The van der Waals surface area contributed by atoms with Gasteiger partial charge in [-0.25, -0.2) is 0 Å². The molecule has 4 nitrogen and oxygen atoms in total. The highest BCUT2D eigenvalue weighted by atomic mass is 16.3. The Labute approximate surface area is 130 Å². The minimum absolute atomic E-state index is 0.0590. The third kappa shape index (κ3) is 3.02. The van der Waals surface area contributed by atoms with Gasteiger partial charge in [0.2, 0.25) is 0 Å². The molecule has 1 aromatic heterocycles. The van der Waals surface area contributed by atoms with E-state index in [1.807, 2.05) is 43.3 Å². The quantitative estimate of drug-likeness (QED) is 0.926. The number of β-amino-alcohol motifs (C(OH)–C–C–N with tert-alkyl or cyclic N) is 1. The molecule has 0 aliphatic carbocycles. The Balaban J connectivity index is 1.82. The van der Waals surface area contributed by atoms with Gasteiger partial charge in [0.25, 0.3) is 5.91 Å². The lowest BCUT2D eigenvalue weighted by molar-refractivity contribution is 0.0248. The first-order chi connectivity index (χ1) is 10.6. The van der Waals surface area contributed by atoms with Crippen molar-refractivity contribution in [2.24, 2.45) is 5.92 Å². The molecule has 2 atom stereocenters. The van der Waals surface area contributed by atoms with Crippen molar-refractivity contribution in [2.75, 3.05) is 13.1 Å². The van der Waals surface area contributed by atoms with E-state index in [4.69, 9.17) is 0 Å². The molecule has 1 aliphatic rings. The summed E-state index contributed by atoms with van der Waals surface area (Å²) in [5.41, 5.74) is 2.54. The second kappa shape index (κ2) is 6.28. The smallest absolute Gasteiger partial charge is 0.255 e. The number of piperidine rings is 1. The largest absolute Gasteiger partial charge is 0.391 e. The molecule has 3 rings (SSSR count). The highest BCUT2D eigenvalue weighted by Gasteiger charge is 2.28. The minimum Gasteiger partial charge on any atom is -0.391 e. The molecule has 1 N–H and O–H groups in total. The van der Waals surface area contributed by atoms with Gasteiger partial charge >= 0.3 is 0 Å². The van der Waals surface area contributed by atoms with Gasteiger partial charge < -0.3 is 10.0 Å². The molecule has 0 bridgehead atoms. The molecule has 1 fully saturated rings. The third-order valence-corrected chi connectivity index (χ3v) is 4.30. The van der Waals surface area contributed by atoms with E-state index in [2.05, 4.69) is 4.98 Å². The van der Waals surface area contributed by atoms with E-state index in [0.717, 1.165) is 17.5 Å². The Kier molecular flexibility index (Phi) is 4.20. The van der Waals surface area contributed by atoms with Gasteiger partial charge in [-0.3, -0.25) is 9.78 Å². The molecule has 1 aliphatic heterocycles. The molecule has 1 aromatic carbocycles. The first-order valence-corrected chi connectivity index (χ1v) is 7.63. The summed E-state index contributed by atoms with van der Waals surface area (Å²) in [4.78, 5) is 18.5. The molecule has 2 aromatic rings. The topological polar surface area (TPSA) is 53.4 Å². The van der Waals surface area contributed by atoms with Crippen LogP contribution in [-0.2, 0) is 0 Å². The maximum absolute atomic E-state index is 12.6. The number of aliphatic hydroxyl groups excluding tert-OH is 1. The maximum Gasteiger partial charge on any atom is 0.255 e. The van der Waals surface area contributed by atoms with Crippen molar-refractivity contribution in [3.05, 3.63) is 54.4 Å². The van der Waals surface area contributed by atoms with Crippen molar-refractivity contribution >= 4 is 5.91 Å². The number of hydrogen-bond donors (Lipinski definition) is 1. The number of aliphatic hydroxyl groups is 1. The number of benzene rings is 1. The molecule has 2 heterocycles. The molecular formula is C18H20N2O2. The maximum atomic E-state index is 12.6. The van der Waals surface area contributed by atoms with Crippen LogP contribution in [0.15, 0.2) is 48.8 Å². The summed E-state index contributed by atoms with van der Waals surface area (Å²) in [5, 5.41) is 9.97. The number of rotatable bonds is 2. The Hall–Kier alpha value is -2.20. The molecule has 0 saturated carbocycles. The summed E-state index contributed by atoms with van der Waals surface area (Å²) in [6, 6.07) is 11.8. The van der Waals surface area contributed by atoms with Crippen molar-refractivity contribution in [2.45, 2.75) is 19.4 Å². The van der Waals surface area contributed by atoms with E-state index in [0.29, 0.717) is 18.7 Å². The van der Waals surface area contributed by atoms with Gasteiger partial charge in [0.15, 0.2) is 0 Å². The van der Waals surface area contributed by atoms with Crippen molar-refractivity contribution in [3.8, 4) is 11.1 Å². The molecular weight excluding hydrogens is 276 g/mol. The van der Waals surface area contributed by atoms with Crippen molar-refractivity contribution < 1.29 is 9.90 Å². The second-order valence-electron chi connectivity index (χ2n) is 5.91. The zero-order valence-corrected chi connectivity index (χ0v) is 12.6. The molecule has 22 heavy (non-hydrogen) atoms. The summed E-state index contributed by atoms with van der Waals surface area (Å²) in [6.45, 7) is 3.10. The molecule has 0 radical (unpaired) electrons. The zero-order valence-electron chi connectivity index (χ0n) is 12.6. The van der Waals surface area contributed by atoms with Crippen LogP contribution in [-0.4, -0.2) is 40.1 Å². The van der Waals surface area contributed by atoms with Gasteiger partial charge in [-0.15, -0.1) is 0 Å². The Bertz CT molecular complexity index is 657. The van der Waals surface area contributed by atoms with Crippen LogP contribution in [0.4, 0.5) is 0 Å². The number of pyridine rings is 1. The second-order valence-corrected chi connectivity index (χ2v) is 5.91. The molecule has 1 amide bonds. The molecule has 114 valence electrons. The van der Waals surface area contributed by atoms with E-state index >= 15 is 0 Å².